The Morgan fingerprint density at radius 2 is 1.68 bits per heavy atom. The van der Waals surface area contributed by atoms with E-state index >= 15 is 0 Å². The smallest absolute Gasteiger partial charge is 0.269 e. The van der Waals surface area contributed by atoms with Gasteiger partial charge in [0.15, 0.2) is 11.5 Å². The van der Waals surface area contributed by atoms with E-state index in [-0.39, 0.29) is 12.3 Å². The van der Waals surface area contributed by atoms with E-state index in [4.69, 9.17) is 19.0 Å². The second kappa shape index (κ2) is 10.4. The highest BCUT2D eigenvalue weighted by molar-refractivity contribution is 6.30. The number of H-pyrrole nitrogens is 1. The van der Waals surface area contributed by atoms with Gasteiger partial charge >= 0.3 is 0 Å². The fourth-order valence-electron chi connectivity index (χ4n) is 4.45. The summed E-state index contributed by atoms with van der Waals surface area (Å²) in [5.74, 6) is 1.95. The number of likely N-dealkylation sites (N-methyl/N-ethyl adjacent to an activating group) is 1. The van der Waals surface area contributed by atoms with Gasteiger partial charge in [0, 0.05) is 46.3 Å². The maximum atomic E-state index is 10.9. The first kappa shape index (κ1) is 25.1. The summed E-state index contributed by atoms with van der Waals surface area (Å²) in [6.07, 6.45) is 0. The Bertz CT molecular complexity index is 1520. The van der Waals surface area contributed by atoms with Crippen molar-refractivity contribution < 1.29 is 24.0 Å². The predicted molar refractivity (Wildman–Crippen MR) is 144 cm³/mol. The molecule has 0 saturated heterocycles. The van der Waals surface area contributed by atoms with Gasteiger partial charge in [-0.1, -0.05) is 5.16 Å². The molecule has 0 spiro atoms. The van der Waals surface area contributed by atoms with Crippen LogP contribution in [0.3, 0.4) is 0 Å². The summed E-state index contributed by atoms with van der Waals surface area (Å²) in [4.78, 5) is 21.9. The van der Waals surface area contributed by atoms with Crippen molar-refractivity contribution in [2.45, 2.75) is 6.61 Å². The summed E-state index contributed by atoms with van der Waals surface area (Å²) in [7, 11) is 7.20. The largest absolute Gasteiger partial charge is 0.493 e. The van der Waals surface area contributed by atoms with Crippen LogP contribution in [0.4, 0.5) is 5.69 Å². The van der Waals surface area contributed by atoms with E-state index < -0.39 is 4.92 Å². The number of nitro groups is 1. The number of ether oxygens (including phenoxy) is 3. The highest BCUT2D eigenvalue weighted by Gasteiger charge is 2.32. The number of nitrogens with one attached hydrogen (secondary N) is 1. The molecule has 10 heteroatoms. The van der Waals surface area contributed by atoms with Crippen molar-refractivity contribution in [3.8, 4) is 28.5 Å². The molecule has 4 aromatic rings. The second-order valence-corrected chi connectivity index (χ2v) is 9.12. The molecule has 0 aliphatic heterocycles. The van der Waals surface area contributed by atoms with Crippen LogP contribution in [0.1, 0.15) is 16.7 Å². The SMILES string of the molecule is COc1cc2c(cc1OC)-c1[nH]c3ccc(OCCN(C)C)cc3c1/C2=N\OCc1ccc([N+](=O)[O-])cc1. The van der Waals surface area contributed by atoms with Gasteiger partial charge in [-0.2, -0.15) is 0 Å². The van der Waals surface area contributed by atoms with Crippen LogP contribution >= 0.6 is 0 Å². The molecule has 0 bridgehead atoms. The lowest BCUT2D eigenvalue weighted by Gasteiger charge is -2.12. The zero-order valence-electron chi connectivity index (χ0n) is 21.6. The molecule has 1 aromatic heterocycles. The Labute approximate surface area is 219 Å². The number of nitro benzene ring substituents is 1. The van der Waals surface area contributed by atoms with Crippen molar-refractivity contribution in [3.63, 3.8) is 0 Å². The lowest BCUT2D eigenvalue weighted by Crippen LogP contribution is -2.19. The Hall–Kier alpha value is -4.57. The summed E-state index contributed by atoms with van der Waals surface area (Å²) in [5, 5.41) is 16.4. The number of hydrogen-bond acceptors (Lipinski definition) is 8. The van der Waals surface area contributed by atoms with Crippen molar-refractivity contribution >= 4 is 22.3 Å². The van der Waals surface area contributed by atoms with Crippen LogP contribution in [0.25, 0.3) is 22.2 Å². The van der Waals surface area contributed by atoms with Crippen molar-refractivity contribution in [1.29, 1.82) is 0 Å². The van der Waals surface area contributed by atoms with E-state index in [2.05, 4.69) is 15.0 Å². The molecule has 0 unspecified atom stereocenters. The fraction of sp³-hybridized carbons (Fsp3) is 0.250. The molecule has 10 nitrogen and oxygen atoms in total. The fourth-order valence-corrected chi connectivity index (χ4v) is 4.45. The summed E-state index contributed by atoms with van der Waals surface area (Å²) < 4.78 is 17.1. The number of nitrogens with zero attached hydrogens (tertiary/aromatic N) is 3. The summed E-state index contributed by atoms with van der Waals surface area (Å²) in [6.45, 7) is 1.53. The van der Waals surface area contributed by atoms with Gasteiger partial charge in [-0.25, -0.2) is 0 Å². The average Bonchev–Trinajstić information content (AvgIpc) is 3.42. The quantitative estimate of drug-likeness (QED) is 0.206. The topological polar surface area (TPSA) is 111 Å². The molecule has 1 aliphatic carbocycles. The monoisotopic (exact) mass is 516 g/mol. The first-order valence-corrected chi connectivity index (χ1v) is 12.0. The number of non-ortho nitro benzene ring substituents is 1. The van der Waals surface area contributed by atoms with Gasteiger partial charge < -0.3 is 28.9 Å². The zero-order chi connectivity index (χ0) is 26.8. The van der Waals surface area contributed by atoms with E-state index in [1.165, 1.54) is 12.1 Å². The highest BCUT2D eigenvalue weighted by Crippen LogP contribution is 2.46. The average molecular weight is 517 g/mol. The molecular weight excluding hydrogens is 488 g/mol. The van der Waals surface area contributed by atoms with Crippen LogP contribution in [0.15, 0.2) is 59.8 Å². The maximum Gasteiger partial charge on any atom is 0.269 e. The molecule has 3 aromatic carbocycles. The van der Waals surface area contributed by atoms with E-state index in [1.807, 2.05) is 44.4 Å². The molecule has 0 amide bonds. The van der Waals surface area contributed by atoms with Crippen LogP contribution in [-0.4, -0.2) is 62.0 Å². The standard InChI is InChI=1S/C28H28N4O6/c1-31(2)11-12-37-19-9-10-23-22(13-19)26-27(29-23)20-14-24(35-3)25(36-4)15-21(20)28(26)30-38-16-17-5-7-18(8-6-17)32(33)34/h5-10,13-15,29H,11-12,16H2,1-4H3/b30-28-. The third-order valence-electron chi connectivity index (χ3n) is 6.40. The lowest BCUT2D eigenvalue weighted by molar-refractivity contribution is -0.384. The van der Waals surface area contributed by atoms with Gasteiger partial charge in [-0.15, -0.1) is 0 Å². The van der Waals surface area contributed by atoms with Crippen LogP contribution in [0.2, 0.25) is 0 Å². The number of benzene rings is 3. The van der Waals surface area contributed by atoms with E-state index in [9.17, 15) is 10.1 Å². The normalized spacial score (nSPS) is 13.0. The molecule has 5 rings (SSSR count). The van der Waals surface area contributed by atoms with Gasteiger partial charge in [-0.05, 0) is 62.1 Å². The van der Waals surface area contributed by atoms with Crippen LogP contribution < -0.4 is 14.2 Å². The number of aromatic amines is 1. The molecule has 1 N–H and O–H groups in total. The van der Waals surface area contributed by atoms with Gasteiger partial charge in [0.1, 0.15) is 24.7 Å². The Kier molecular flexibility index (Phi) is 6.89. The minimum Gasteiger partial charge on any atom is -0.493 e. The maximum absolute atomic E-state index is 10.9. The number of aromatic nitrogens is 1. The van der Waals surface area contributed by atoms with Crippen molar-refractivity contribution in [3.05, 3.63) is 81.4 Å². The number of hydrogen-bond donors (Lipinski definition) is 1. The molecule has 38 heavy (non-hydrogen) atoms. The first-order chi connectivity index (χ1) is 18.4. The number of methoxy groups -OCH3 is 2. The van der Waals surface area contributed by atoms with Crippen molar-refractivity contribution in [1.82, 2.24) is 9.88 Å². The van der Waals surface area contributed by atoms with Gasteiger partial charge in [0.2, 0.25) is 0 Å². The van der Waals surface area contributed by atoms with Gasteiger partial charge in [-0.3, -0.25) is 10.1 Å². The van der Waals surface area contributed by atoms with Gasteiger partial charge in [0.05, 0.1) is 24.8 Å². The van der Waals surface area contributed by atoms with Crippen molar-refractivity contribution in [2.75, 3.05) is 41.5 Å². The van der Waals surface area contributed by atoms with Crippen LogP contribution in [0, 0.1) is 10.1 Å². The Morgan fingerprint density at radius 3 is 2.34 bits per heavy atom. The van der Waals surface area contributed by atoms with Crippen molar-refractivity contribution in [2.24, 2.45) is 5.16 Å². The minimum atomic E-state index is -0.432. The lowest BCUT2D eigenvalue weighted by atomic mass is 10.1. The number of rotatable bonds is 10. The van der Waals surface area contributed by atoms with Crippen LogP contribution in [-0.2, 0) is 11.4 Å². The number of oxime groups is 1. The molecule has 1 aliphatic rings. The minimum absolute atomic E-state index is 0.0258. The Balaban J connectivity index is 1.54. The molecule has 1 heterocycles. The summed E-state index contributed by atoms with van der Waals surface area (Å²) in [5.41, 5.74) is 5.94. The Morgan fingerprint density at radius 1 is 0.974 bits per heavy atom. The molecule has 0 radical (unpaired) electrons. The number of fused-ring (bicyclic) bond motifs is 5. The summed E-state index contributed by atoms with van der Waals surface area (Å²) in [6, 6.07) is 16.0. The molecule has 0 atom stereocenters. The molecule has 0 saturated carbocycles. The second-order valence-electron chi connectivity index (χ2n) is 9.12. The zero-order valence-corrected chi connectivity index (χ0v) is 21.6. The first-order valence-electron chi connectivity index (χ1n) is 12.0. The molecular formula is C28H28N4O6. The van der Waals surface area contributed by atoms with E-state index in [0.29, 0.717) is 23.8 Å². The van der Waals surface area contributed by atoms with Crippen LogP contribution in [0.5, 0.6) is 17.2 Å². The van der Waals surface area contributed by atoms with E-state index in [0.717, 1.165) is 51.1 Å². The summed E-state index contributed by atoms with van der Waals surface area (Å²) >= 11 is 0. The van der Waals surface area contributed by atoms with Gasteiger partial charge in [0.25, 0.3) is 5.69 Å². The third-order valence-corrected chi connectivity index (χ3v) is 6.40. The molecule has 0 fully saturated rings. The molecule has 196 valence electrons. The van der Waals surface area contributed by atoms with E-state index in [1.54, 1.807) is 26.4 Å². The predicted octanol–water partition coefficient (Wildman–Crippen LogP) is 4.98. The highest BCUT2D eigenvalue weighted by atomic mass is 16.6. The third kappa shape index (κ3) is 4.73.